The number of halogens is 4. The van der Waals surface area contributed by atoms with Crippen LogP contribution in [0.25, 0.3) is 0 Å². The van der Waals surface area contributed by atoms with Crippen molar-refractivity contribution in [3.63, 3.8) is 0 Å². The summed E-state index contributed by atoms with van der Waals surface area (Å²) in [6.07, 6.45) is -2.93. The molecule has 1 rings (SSSR count). The molecule has 1 aromatic carbocycles. The van der Waals surface area contributed by atoms with Gasteiger partial charge in [-0.15, -0.1) is 0 Å². The largest absolute Gasteiger partial charge is 0.298 e. The second-order valence-corrected chi connectivity index (χ2v) is 2.31. The normalized spacial score (nSPS) is 10.5. The number of benzene rings is 1. The van der Waals surface area contributed by atoms with Crippen LogP contribution < -0.4 is 0 Å². The molecule has 0 fully saturated rings. The fourth-order valence-electron chi connectivity index (χ4n) is 0.869. The Balaban J connectivity index is 3.32. The first-order valence-corrected chi connectivity index (χ1v) is 3.28. The first-order valence-electron chi connectivity index (χ1n) is 3.28. The van der Waals surface area contributed by atoms with Gasteiger partial charge >= 0.3 is 0 Å². The maximum Gasteiger partial charge on any atom is 0.264 e. The van der Waals surface area contributed by atoms with Gasteiger partial charge in [0.2, 0.25) is 0 Å². The zero-order chi connectivity index (χ0) is 10.0. The molecule has 0 aromatic heterocycles. The van der Waals surface area contributed by atoms with Gasteiger partial charge in [-0.1, -0.05) is 0 Å². The Kier molecular flexibility index (Phi) is 2.65. The van der Waals surface area contributed by atoms with E-state index in [0.717, 1.165) is 0 Å². The van der Waals surface area contributed by atoms with Crippen molar-refractivity contribution in [3.05, 3.63) is 34.9 Å². The van der Waals surface area contributed by atoms with Gasteiger partial charge in [0, 0.05) is 11.1 Å². The standard InChI is InChI=1S/C8H4F4O/c9-6-1-4(3-13)5(8(11)12)2-7(6)10/h1-3,8H. The number of alkyl halides is 2. The summed E-state index contributed by atoms with van der Waals surface area (Å²) in [6.45, 7) is 0. The molecule has 0 bridgehead atoms. The second kappa shape index (κ2) is 3.55. The number of hydrogen-bond donors (Lipinski definition) is 0. The van der Waals surface area contributed by atoms with Crippen LogP contribution in [0.15, 0.2) is 12.1 Å². The lowest BCUT2D eigenvalue weighted by Crippen LogP contribution is -1.97. The quantitative estimate of drug-likeness (QED) is 0.520. The van der Waals surface area contributed by atoms with E-state index in [0.29, 0.717) is 12.1 Å². The molecule has 0 atom stereocenters. The van der Waals surface area contributed by atoms with E-state index in [1.165, 1.54) is 0 Å². The van der Waals surface area contributed by atoms with Crippen LogP contribution in [0.4, 0.5) is 17.6 Å². The summed E-state index contributed by atoms with van der Waals surface area (Å²) in [5.74, 6) is -2.70. The predicted octanol–water partition coefficient (Wildman–Crippen LogP) is 2.71. The molecular weight excluding hydrogens is 188 g/mol. The lowest BCUT2D eigenvalue weighted by atomic mass is 10.1. The van der Waals surface area contributed by atoms with E-state index in [1.807, 2.05) is 0 Å². The summed E-state index contributed by atoms with van der Waals surface area (Å²) >= 11 is 0. The maximum atomic E-state index is 12.4. The van der Waals surface area contributed by atoms with E-state index in [-0.39, 0.29) is 6.29 Å². The summed E-state index contributed by atoms with van der Waals surface area (Å²) in [4.78, 5) is 10.2. The Labute approximate surface area is 71.0 Å². The van der Waals surface area contributed by atoms with Gasteiger partial charge in [0.1, 0.15) is 0 Å². The summed E-state index contributed by atoms with van der Waals surface area (Å²) in [5, 5.41) is 0. The number of rotatable bonds is 2. The Morgan fingerprint density at radius 2 is 1.69 bits per heavy atom. The van der Waals surface area contributed by atoms with Crippen LogP contribution >= 0.6 is 0 Å². The van der Waals surface area contributed by atoms with Crippen LogP contribution in [0.2, 0.25) is 0 Å². The van der Waals surface area contributed by atoms with Gasteiger partial charge in [-0.25, -0.2) is 17.6 Å². The smallest absolute Gasteiger partial charge is 0.264 e. The van der Waals surface area contributed by atoms with Gasteiger partial charge in [-0.3, -0.25) is 4.79 Å². The van der Waals surface area contributed by atoms with Crippen LogP contribution in [0.3, 0.4) is 0 Å². The van der Waals surface area contributed by atoms with Crippen molar-refractivity contribution >= 4 is 6.29 Å². The highest BCUT2D eigenvalue weighted by atomic mass is 19.3. The minimum Gasteiger partial charge on any atom is -0.298 e. The average molecular weight is 192 g/mol. The molecule has 0 aliphatic heterocycles. The number of carbonyl (C=O) groups excluding carboxylic acids is 1. The summed E-state index contributed by atoms with van der Waals surface area (Å²) < 4.78 is 49.0. The molecule has 0 saturated heterocycles. The van der Waals surface area contributed by atoms with Crippen molar-refractivity contribution in [2.24, 2.45) is 0 Å². The lowest BCUT2D eigenvalue weighted by Gasteiger charge is -2.03. The monoisotopic (exact) mass is 192 g/mol. The van der Waals surface area contributed by atoms with Crippen molar-refractivity contribution in [2.45, 2.75) is 6.43 Å². The molecule has 0 unspecified atom stereocenters. The van der Waals surface area contributed by atoms with Gasteiger partial charge in [0.05, 0.1) is 0 Å². The Morgan fingerprint density at radius 1 is 1.15 bits per heavy atom. The number of aldehydes is 1. The van der Waals surface area contributed by atoms with Crippen molar-refractivity contribution < 1.29 is 22.4 Å². The zero-order valence-corrected chi connectivity index (χ0v) is 6.23. The number of carbonyl (C=O) groups is 1. The van der Waals surface area contributed by atoms with E-state index < -0.39 is 29.2 Å². The summed E-state index contributed by atoms with van der Waals surface area (Å²) in [6, 6.07) is 0.771. The van der Waals surface area contributed by atoms with Gasteiger partial charge in [0.25, 0.3) is 6.43 Å². The van der Waals surface area contributed by atoms with Crippen LogP contribution in [0, 0.1) is 11.6 Å². The molecule has 13 heavy (non-hydrogen) atoms. The van der Waals surface area contributed by atoms with Gasteiger partial charge in [-0.2, -0.15) is 0 Å². The molecule has 1 aromatic rings. The van der Waals surface area contributed by atoms with Crippen LogP contribution in [-0.2, 0) is 0 Å². The molecule has 0 aliphatic rings. The van der Waals surface area contributed by atoms with E-state index in [1.54, 1.807) is 0 Å². The first-order chi connectivity index (χ1) is 6.06. The molecule has 5 heteroatoms. The molecule has 0 saturated carbocycles. The zero-order valence-electron chi connectivity index (χ0n) is 6.23. The Morgan fingerprint density at radius 3 is 2.15 bits per heavy atom. The highest BCUT2D eigenvalue weighted by molar-refractivity contribution is 5.77. The van der Waals surface area contributed by atoms with E-state index >= 15 is 0 Å². The molecule has 0 spiro atoms. The van der Waals surface area contributed by atoms with Crippen LogP contribution in [0.1, 0.15) is 22.3 Å². The summed E-state index contributed by atoms with van der Waals surface area (Å²) in [5.41, 5.74) is -1.33. The molecule has 0 radical (unpaired) electrons. The van der Waals surface area contributed by atoms with E-state index in [4.69, 9.17) is 0 Å². The molecule has 0 heterocycles. The fraction of sp³-hybridized carbons (Fsp3) is 0.125. The third kappa shape index (κ3) is 1.85. The predicted molar refractivity (Wildman–Crippen MR) is 36.7 cm³/mol. The van der Waals surface area contributed by atoms with Crippen molar-refractivity contribution in [2.75, 3.05) is 0 Å². The third-order valence-corrected chi connectivity index (χ3v) is 1.49. The number of hydrogen-bond acceptors (Lipinski definition) is 1. The van der Waals surface area contributed by atoms with Gasteiger partial charge < -0.3 is 0 Å². The highest BCUT2D eigenvalue weighted by Crippen LogP contribution is 2.24. The molecule has 0 aliphatic carbocycles. The highest BCUT2D eigenvalue weighted by Gasteiger charge is 2.16. The first kappa shape index (κ1) is 9.70. The molecule has 0 N–H and O–H groups in total. The van der Waals surface area contributed by atoms with E-state index in [2.05, 4.69) is 0 Å². The lowest BCUT2D eigenvalue weighted by molar-refractivity contribution is 0.110. The molecular formula is C8H4F4O. The fourth-order valence-corrected chi connectivity index (χ4v) is 0.869. The average Bonchev–Trinajstić information content (AvgIpc) is 2.08. The Bertz CT molecular complexity index is 335. The summed E-state index contributed by atoms with van der Waals surface area (Å²) in [7, 11) is 0. The third-order valence-electron chi connectivity index (χ3n) is 1.49. The topological polar surface area (TPSA) is 17.1 Å². The van der Waals surface area contributed by atoms with Gasteiger partial charge in [0.15, 0.2) is 17.9 Å². The van der Waals surface area contributed by atoms with Crippen molar-refractivity contribution in [1.82, 2.24) is 0 Å². The van der Waals surface area contributed by atoms with E-state index in [9.17, 15) is 22.4 Å². The van der Waals surface area contributed by atoms with Crippen molar-refractivity contribution in [1.29, 1.82) is 0 Å². The van der Waals surface area contributed by atoms with Gasteiger partial charge in [-0.05, 0) is 12.1 Å². The van der Waals surface area contributed by atoms with Crippen LogP contribution in [-0.4, -0.2) is 6.29 Å². The Hall–Kier alpha value is -1.39. The second-order valence-electron chi connectivity index (χ2n) is 2.31. The minimum absolute atomic E-state index is 0.0595. The molecule has 0 amide bonds. The SMILES string of the molecule is O=Cc1cc(F)c(F)cc1C(F)F. The van der Waals surface area contributed by atoms with Crippen LogP contribution in [0.5, 0.6) is 0 Å². The van der Waals surface area contributed by atoms with Crippen molar-refractivity contribution in [3.8, 4) is 0 Å². The molecule has 70 valence electrons. The molecule has 1 nitrogen and oxygen atoms in total. The maximum absolute atomic E-state index is 12.4. The minimum atomic E-state index is -2.99.